The van der Waals surface area contributed by atoms with Crippen LogP contribution in [0, 0.1) is 5.41 Å². The second-order valence-electron chi connectivity index (χ2n) is 5.95. The van der Waals surface area contributed by atoms with Crippen LogP contribution in [0.5, 0.6) is 0 Å². The van der Waals surface area contributed by atoms with Gasteiger partial charge in [-0.05, 0) is 17.5 Å². The Labute approximate surface area is 113 Å². The Bertz CT molecular complexity index is 574. The third kappa shape index (κ3) is 3.12. The number of nitrogens with two attached hydrogens (primary N) is 1. The zero-order valence-corrected chi connectivity index (χ0v) is 11.9. The number of nitrogens with zero attached hydrogens (tertiary/aromatic N) is 3. The van der Waals surface area contributed by atoms with E-state index < -0.39 is 0 Å². The summed E-state index contributed by atoms with van der Waals surface area (Å²) in [5.74, 6) is 6.78. The third-order valence-corrected chi connectivity index (χ3v) is 2.79. The van der Waals surface area contributed by atoms with Crippen LogP contribution in [0.15, 0.2) is 24.3 Å². The fraction of sp³-hybridized carbons (Fsp3) is 0.429. The highest BCUT2D eigenvalue weighted by molar-refractivity contribution is 5.90. The highest BCUT2D eigenvalue weighted by Crippen LogP contribution is 2.26. The second-order valence-corrected chi connectivity index (χ2v) is 5.95. The number of para-hydroxylation sites is 1. The molecular formula is C14H21N5. The van der Waals surface area contributed by atoms with Crippen molar-refractivity contribution < 1.29 is 0 Å². The number of aromatic nitrogens is 2. The average Bonchev–Trinajstić information content (AvgIpc) is 2.35. The van der Waals surface area contributed by atoms with Crippen LogP contribution in [0.4, 0.5) is 11.8 Å². The summed E-state index contributed by atoms with van der Waals surface area (Å²) in [6.45, 7) is 7.51. The van der Waals surface area contributed by atoms with Gasteiger partial charge in [-0.25, -0.2) is 10.8 Å². The molecule has 0 unspecified atom stereocenters. The normalized spacial score (nSPS) is 11.6. The first-order chi connectivity index (χ1) is 8.90. The zero-order chi connectivity index (χ0) is 14.0. The lowest BCUT2D eigenvalue weighted by Crippen LogP contribution is -2.30. The summed E-state index contributed by atoms with van der Waals surface area (Å²) in [5, 5.41) is 1.04. The van der Waals surface area contributed by atoms with Gasteiger partial charge in [-0.15, -0.1) is 0 Å². The van der Waals surface area contributed by atoms with E-state index in [1.807, 2.05) is 31.3 Å². The Morgan fingerprint density at radius 3 is 2.53 bits per heavy atom. The number of benzene rings is 1. The largest absolute Gasteiger partial charge is 0.358 e. The molecule has 5 heteroatoms. The molecule has 0 aliphatic heterocycles. The molecule has 102 valence electrons. The Morgan fingerprint density at radius 2 is 1.89 bits per heavy atom. The van der Waals surface area contributed by atoms with Crippen molar-refractivity contribution in [2.45, 2.75) is 20.8 Å². The molecule has 1 aromatic carbocycles. The smallest absolute Gasteiger partial charge is 0.239 e. The fourth-order valence-electron chi connectivity index (χ4n) is 2.20. The van der Waals surface area contributed by atoms with E-state index in [1.165, 1.54) is 0 Å². The number of hydrogen-bond donors (Lipinski definition) is 2. The van der Waals surface area contributed by atoms with Gasteiger partial charge < -0.3 is 4.90 Å². The molecule has 5 nitrogen and oxygen atoms in total. The van der Waals surface area contributed by atoms with Crippen LogP contribution in [0.3, 0.4) is 0 Å². The van der Waals surface area contributed by atoms with Gasteiger partial charge in [-0.1, -0.05) is 32.9 Å². The van der Waals surface area contributed by atoms with Crippen LogP contribution in [0.2, 0.25) is 0 Å². The van der Waals surface area contributed by atoms with Crippen molar-refractivity contribution >= 4 is 22.7 Å². The van der Waals surface area contributed by atoms with Gasteiger partial charge in [0.25, 0.3) is 0 Å². The molecule has 19 heavy (non-hydrogen) atoms. The summed E-state index contributed by atoms with van der Waals surface area (Å²) in [6, 6.07) is 7.95. The quantitative estimate of drug-likeness (QED) is 0.654. The van der Waals surface area contributed by atoms with Crippen LogP contribution in [-0.2, 0) is 0 Å². The van der Waals surface area contributed by atoms with Crippen molar-refractivity contribution in [3.8, 4) is 0 Å². The monoisotopic (exact) mass is 259 g/mol. The van der Waals surface area contributed by atoms with E-state index in [9.17, 15) is 0 Å². The standard InChI is InChI=1S/C14H21N5/c1-14(2,3)9-19(4)12-10-7-5-6-8-11(10)16-13(17-12)18-15/h5-8H,9,15H2,1-4H3,(H,16,17,18). The van der Waals surface area contributed by atoms with Gasteiger partial charge in [0.2, 0.25) is 5.95 Å². The van der Waals surface area contributed by atoms with Crippen molar-refractivity contribution in [3.05, 3.63) is 24.3 Å². The molecule has 2 rings (SSSR count). The van der Waals surface area contributed by atoms with Crippen molar-refractivity contribution in [2.24, 2.45) is 11.3 Å². The van der Waals surface area contributed by atoms with Gasteiger partial charge in [0.15, 0.2) is 0 Å². The third-order valence-electron chi connectivity index (χ3n) is 2.79. The summed E-state index contributed by atoms with van der Waals surface area (Å²) in [5.41, 5.74) is 3.61. The van der Waals surface area contributed by atoms with Crippen LogP contribution in [-0.4, -0.2) is 23.6 Å². The molecule has 0 aliphatic rings. The van der Waals surface area contributed by atoms with E-state index in [4.69, 9.17) is 5.84 Å². The SMILES string of the molecule is CN(CC(C)(C)C)c1nc(NN)nc2ccccc12. The van der Waals surface area contributed by atoms with E-state index in [-0.39, 0.29) is 5.41 Å². The highest BCUT2D eigenvalue weighted by Gasteiger charge is 2.17. The summed E-state index contributed by atoms with van der Waals surface area (Å²) in [7, 11) is 2.04. The zero-order valence-electron chi connectivity index (χ0n) is 11.9. The van der Waals surface area contributed by atoms with Crippen molar-refractivity contribution in [1.82, 2.24) is 9.97 Å². The molecule has 0 atom stereocenters. The maximum absolute atomic E-state index is 5.44. The minimum absolute atomic E-state index is 0.192. The molecule has 0 saturated carbocycles. The molecule has 1 heterocycles. The molecule has 0 fully saturated rings. The number of hydrogen-bond acceptors (Lipinski definition) is 5. The molecule has 0 aliphatic carbocycles. The first-order valence-corrected chi connectivity index (χ1v) is 6.35. The summed E-state index contributed by atoms with van der Waals surface area (Å²) in [6.07, 6.45) is 0. The summed E-state index contributed by atoms with van der Waals surface area (Å²) in [4.78, 5) is 11.0. The molecule has 2 aromatic rings. The minimum Gasteiger partial charge on any atom is -0.358 e. The molecule has 1 aromatic heterocycles. The van der Waals surface area contributed by atoms with E-state index in [0.29, 0.717) is 5.95 Å². The van der Waals surface area contributed by atoms with E-state index >= 15 is 0 Å². The second kappa shape index (κ2) is 5.01. The topological polar surface area (TPSA) is 67.1 Å². The fourth-order valence-corrected chi connectivity index (χ4v) is 2.20. The van der Waals surface area contributed by atoms with Gasteiger partial charge >= 0.3 is 0 Å². The van der Waals surface area contributed by atoms with E-state index in [2.05, 4.69) is 41.1 Å². The van der Waals surface area contributed by atoms with E-state index in [1.54, 1.807) is 0 Å². The highest BCUT2D eigenvalue weighted by atomic mass is 15.3. The number of hydrazine groups is 1. The molecule has 0 saturated heterocycles. The van der Waals surface area contributed by atoms with Crippen molar-refractivity contribution in [3.63, 3.8) is 0 Å². The molecule has 0 bridgehead atoms. The number of nitrogens with one attached hydrogen (secondary N) is 1. The van der Waals surface area contributed by atoms with Crippen molar-refractivity contribution in [2.75, 3.05) is 23.9 Å². The number of anilines is 2. The van der Waals surface area contributed by atoms with Gasteiger partial charge in [0.05, 0.1) is 5.52 Å². The number of fused-ring (bicyclic) bond motifs is 1. The van der Waals surface area contributed by atoms with Gasteiger partial charge in [0, 0.05) is 19.0 Å². The molecule has 0 radical (unpaired) electrons. The lowest BCUT2D eigenvalue weighted by Gasteiger charge is -2.28. The van der Waals surface area contributed by atoms with Gasteiger partial charge in [-0.3, -0.25) is 5.43 Å². The van der Waals surface area contributed by atoms with Crippen LogP contribution >= 0.6 is 0 Å². The minimum atomic E-state index is 0.192. The Balaban J connectivity index is 2.51. The predicted octanol–water partition coefficient (Wildman–Crippen LogP) is 2.40. The first-order valence-electron chi connectivity index (χ1n) is 6.35. The molecule has 0 amide bonds. The van der Waals surface area contributed by atoms with Gasteiger partial charge in [-0.2, -0.15) is 4.98 Å². The Kier molecular flexibility index (Phi) is 3.57. The summed E-state index contributed by atoms with van der Waals surface area (Å²) >= 11 is 0. The molecule has 0 spiro atoms. The Hall–Kier alpha value is -1.88. The maximum atomic E-state index is 5.44. The number of nitrogen functional groups attached to an aromatic ring is 1. The lowest BCUT2D eigenvalue weighted by molar-refractivity contribution is 0.418. The number of rotatable bonds is 3. The predicted molar refractivity (Wildman–Crippen MR) is 80.1 cm³/mol. The molecule has 3 N–H and O–H groups in total. The lowest BCUT2D eigenvalue weighted by atomic mass is 9.96. The molecular weight excluding hydrogens is 238 g/mol. The van der Waals surface area contributed by atoms with Crippen LogP contribution in [0.1, 0.15) is 20.8 Å². The van der Waals surface area contributed by atoms with Gasteiger partial charge in [0.1, 0.15) is 5.82 Å². The Morgan fingerprint density at radius 1 is 1.21 bits per heavy atom. The maximum Gasteiger partial charge on any atom is 0.239 e. The van der Waals surface area contributed by atoms with Crippen LogP contribution < -0.4 is 16.2 Å². The van der Waals surface area contributed by atoms with Crippen LogP contribution in [0.25, 0.3) is 10.9 Å². The summed E-state index contributed by atoms with van der Waals surface area (Å²) < 4.78 is 0. The first kappa shape index (κ1) is 13.5. The average molecular weight is 259 g/mol. The van der Waals surface area contributed by atoms with E-state index in [0.717, 1.165) is 23.3 Å². The van der Waals surface area contributed by atoms with Crippen molar-refractivity contribution in [1.29, 1.82) is 0 Å².